The Morgan fingerprint density at radius 1 is 1.04 bits per heavy atom. The molecular formula is C20H23NO4Si. The summed E-state index contributed by atoms with van der Waals surface area (Å²) in [6.45, 7) is 5.87. The fraction of sp³-hybridized carbons (Fsp3) is 0.300. The maximum absolute atomic E-state index is 12.2. The minimum absolute atomic E-state index is 0.0386. The van der Waals surface area contributed by atoms with Crippen molar-refractivity contribution in [3.63, 3.8) is 0 Å². The third-order valence-electron chi connectivity index (χ3n) is 4.72. The van der Waals surface area contributed by atoms with Gasteiger partial charge in [-0.25, -0.2) is 4.79 Å². The van der Waals surface area contributed by atoms with Crippen LogP contribution in [-0.2, 0) is 9.53 Å². The number of fused-ring (bicyclic) bond motifs is 3. The quantitative estimate of drug-likeness (QED) is 0.785. The molecule has 0 radical (unpaired) electrons. The fourth-order valence-corrected chi connectivity index (χ4v) is 4.70. The average molecular weight is 369 g/mol. The van der Waals surface area contributed by atoms with Gasteiger partial charge < -0.3 is 15.2 Å². The van der Waals surface area contributed by atoms with E-state index in [1.807, 2.05) is 56.0 Å². The Morgan fingerprint density at radius 2 is 1.54 bits per heavy atom. The number of ether oxygens (including phenoxy) is 1. The fourth-order valence-electron chi connectivity index (χ4n) is 3.41. The van der Waals surface area contributed by atoms with E-state index >= 15 is 0 Å². The molecule has 0 saturated carbocycles. The van der Waals surface area contributed by atoms with Gasteiger partial charge in [0.1, 0.15) is 12.3 Å². The number of amides is 1. The molecule has 1 atom stereocenters. The maximum atomic E-state index is 12.2. The lowest BCUT2D eigenvalue weighted by molar-refractivity contribution is -0.137. The van der Waals surface area contributed by atoms with Crippen molar-refractivity contribution < 1.29 is 19.4 Å². The third-order valence-corrected chi connectivity index (χ3v) is 6.84. The summed E-state index contributed by atoms with van der Waals surface area (Å²) in [5.41, 5.74) is 3.69. The predicted octanol–water partition coefficient (Wildman–Crippen LogP) is 3.86. The highest BCUT2D eigenvalue weighted by Crippen LogP contribution is 2.44. The Bertz CT molecular complexity index is 798. The van der Waals surface area contributed by atoms with Crippen molar-refractivity contribution in [1.29, 1.82) is 0 Å². The predicted molar refractivity (Wildman–Crippen MR) is 103 cm³/mol. The lowest BCUT2D eigenvalue weighted by Crippen LogP contribution is -2.55. The minimum atomic E-state index is -2.10. The normalized spacial score (nSPS) is 14.3. The van der Waals surface area contributed by atoms with Gasteiger partial charge in [0.05, 0.1) is 8.07 Å². The Hall–Kier alpha value is -2.60. The Morgan fingerprint density at radius 3 is 2.00 bits per heavy atom. The molecule has 0 spiro atoms. The van der Waals surface area contributed by atoms with Gasteiger partial charge in [0.15, 0.2) is 0 Å². The van der Waals surface area contributed by atoms with Gasteiger partial charge in [0.2, 0.25) is 0 Å². The van der Waals surface area contributed by atoms with E-state index in [1.54, 1.807) is 0 Å². The number of carboxylic acids is 1. The highest BCUT2D eigenvalue weighted by atomic mass is 28.3. The van der Waals surface area contributed by atoms with E-state index in [0.717, 1.165) is 22.3 Å². The Kier molecular flexibility index (Phi) is 4.87. The maximum Gasteiger partial charge on any atom is 0.407 e. The van der Waals surface area contributed by atoms with Gasteiger partial charge in [-0.3, -0.25) is 4.79 Å². The molecule has 136 valence electrons. The number of rotatable bonds is 5. The summed E-state index contributed by atoms with van der Waals surface area (Å²) in [6, 6.07) is 16.2. The van der Waals surface area contributed by atoms with Gasteiger partial charge in [-0.05, 0) is 22.3 Å². The molecule has 5 nitrogen and oxygen atoms in total. The zero-order valence-corrected chi connectivity index (χ0v) is 16.2. The molecule has 1 aliphatic rings. The number of hydrogen-bond acceptors (Lipinski definition) is 3. The molecule has 2 aromatic carbocycles. The van der Waals surface area contributed by atoms with Crippen molar-refractivity contribution in [2.24, 2.45) is 0 Å². The van der Waals surface area contributed by atoms with E-state index in [-0.39, 0.29) is 12.5 Å². The smallest absolute Gasteiger partial charge is 0.407 e. The van der Waals surface area contributed by atoms with Gasteiger partial charge in [-0.2, -0.15) is 0 Å². The van der Waals surface area contributed by atoms with Crippen LogP contribution in [0.1, 0.15) is 17.0 Å². The Balaban J connectivity index is 1.74. The summed E-state index contributed by atoms with van der Waals surface area (Å²) in [5, 5.41) is 11.9. The summed E-state index contributed by atoms with van der Waals surface area (Å²) in [6.07, 6.45) is -0.679. The molecule has 0 bridgehead atoms. The van der Waals surface area contributed by atoms with Crippen LogP contribution in [0.15, 0.2) is 48.5 Å². The molecule has 1 unspecified atom stereocenters. The van der Waals surface area contributed by atoms with Crippen molar-refractivity contribution in [1.82, 2.24) is 5.32 Å². The van der Waals surface area contributed by atoms with Crippen molar-refractivity contribution in [3.05, 3.63) is 59.7 Å². The largest absolute Gasteiger partial charge is 0.480 e. The van der Waals surface area contributed by atoms with Gasteiger partial charge in [-0.1, -0.05) is 68.2 Å². The van der Waals surface area contributed by atoms with Crippen molar-refractivity contribution in [2.45, 2.75) is 31.2 Å². The summed E-state index contributed by atoms with van der Waals surface area (Å²) in [4.78, 5) is 23.6. The molecule has 0 heterocycles. The first kappa shape index (κ1) is 18.2. The highest BCUT2D eigenvalue weighted by molar-refractivity contribution is 6.80. The van der Waals surface area contributed by atoms with Crippen LogP contribution >= 0.6 is 0 Å². The first-order chi connectivity index (χ1) is 12.3. The molecule has 2 aromatic rings. The first-order valence-corrected chi connectivity index (χ1v) is 12.2. The van der Waals surface area contributed by atoms with Gasteiger partial charge in [-0.15, -0.1) is 0 Å². The van der Waals surface area contributed by atoms with Crippen molar-refractivity contribution >= 4 is 20.1 Å². The number of nitrogens with one attached hydrogen (secondary N) is 1. The number of alkyl carbamates (subject to hydrolysis) is 1. The second-order valence-electron chi connectivity index (χ2n) is 7.61. The summed E-state index contributed by atoms with van der Waals surface area (Å²) in [7, 11) is -2.10. The van der Waals surface area contributed by atoms with Gasteiger partial charge >= 0.3 is 12.1 Å². The van der Waals surface area contributed by atoms with Gasteiger partial charge in [0, 0.05) is 5.92 Å². The molecule has 0 aliphatic heterocycles. The number of carbonyl (C=O) groups excluding carboxylic acids is 1. The van der Waals surface area contributed by atoms with Crippen LogP contribution in [-0.4, -0.2) is 37.5 Å². The highest BCUT2D eigenvalue weighted by Gasteiger charge is 2.35. The molecule has 3 rings (SSSR count). The Labute approximate surface area is 154 Å². The molecule has 0 saturated heterocycles. The second-order valence-corrected chi connectivity index (χ2v) is 12.9. The summed E-state index contributed by atoms with van der Waals surface area (Å²) >= 11 is 0. The summed E-state index contributed by atoms with van der Waals surface area (Å²) < 4.78 is 5.42. The molecule has 6 heteroatoms. The minimum Gasteiger partial charge on any atom is -0.480 e. The van der Waals surface area contributed by atoms with E-state index in [9.17, 15) is 14.7 Å². The molecule has 2 N–H and O–H groups in total. The molecule has 0 fully saturated rings. The van der Waals surface area contributed by atoms with Crippen LogP contribution in [0.2, 0.25) is 19.6 Å². The van der Waals surface area contributed by atoms with E-state index < -0.39 is 25.8 Å². The molecule has 0 aromatic heterocycles. The van der Waals surface area contributed by atoms with Crippen molar-refractivity contribution in [3.8, 4) is 11.1 Å². The van der Waals surface area contributed by atoms with Crippen LogP contribution in [0.3, 0.4) is 0 Å². The lowest BCUT2D eigenvalue weighted by atomic mass is 9.98. The van der Waals surface area contributed by atoms with E-state index in [1.165, 1.54) is 0 Å². The van der Waals surface area contributed by atoms with Crippen LogP contribution < -0.4 is 5.32 Å². The zero-order chi connectivity index (χ0) is 18.9. The number of carboxylic acid groups (broad SMARTS) is 1. The van der Waals surface area contributed by atoms with Crippen LogP contribution in [0.25, 0.3) is 11.1 Å². The van der Waals surface area contributed by atoms with Crippen LogP contribution in [0.4, 0.5) is 4.79 Å². The molecule has 1 amide bonds. The van der Waals surface area contributed by atoms with E-state index in [2.05, 4.69) is 17.4 Å². The number of benzene rings is 2. The van der Waals surface area contributed by atoms with E-state index in [0.29, 0.717) is 0 Å². The standard InChI is InChI=1S/C20H23NO4Si/c1-26(2,3)18(19(22)23)21-20(24)25-12-17-15-10-6-4-8-13(15)14-9-5-7-11-16(14)17/h4-11,17-18H,12H2,1-3H3,(H,21,24)(H,22,23). The number of aliphatic carboxylic acids is 1. The average Bonchev–Trinajstić information content (AvgIpc) is 2.91. The monoisotopic (exact) mass is 369 g/mol. The van der Waals surface area contributed by atoms with Crippen LogP contribution in [0, 0.1) is 0 Å². The van der Waals surface area contributed by atoms with E-state index in [4.69, 9.17) is 4.74 Å². The second kappa shape index (κ2) is 6.95. The molecular weight excluding hydrogens is 346 g/mol. The SMILES string of the molecule is C[Si](C)(C)C(NC(=O)OCC1c2ccccc2-c2ccccc21)C(=O)O. The number of carbonyl (C=O) groups is 2. The zero-order valence-electron chi connectivity index (χ0n) is 15.2. The lowest BCUT2D eigenvalue weighted by Gasteiger charge is -2.25. The van der Waals surface area contributed by atoms with Crippen molar-refractivity contribution in [2.75, 3.05) is 6.61 Å². The molecule has 26 heavy (non-hydrogen) atoms. The summed E-state index contributed by atoms with van der Waals surface area (Å²) in [5.74, 6) is -1.05. The third kappa shape index (κ3) is 3.50. The first-order valence-electron chi connectivity index (χ1n) is 8.63. The molecule has 1 aliphatic carbocycles. The van der Waals surface area contributed by atoms with Gasteiger partial charge in [0.25, 0.3) is 0 Å². The number of hydrogen-bond donors (Lipinski definition) is 2. The topological polar surface area (TPSA) is 75.6 Å². The van der Waals surface area contributed by atoms with Crippen LogP contribution in [0.5, 0.6) is 0 Å².